The highest BCUT2D eigenvalue weighted by atomic mass is 16.4. The summed E-state index contributed by atoms with van der Waals surface area (Å²) in [6, 6.07) is 2.30. The molecule has 2 rings (SSSR count). The van der Waals surface area contributed by atoms with Crippen molar-refractivity contribution in [2.45, 2.75) is 50.4 Å². The summed E-state index contributed by atoms with van der Waals surface area (Å²) in [5.74, 6) is -4.54. The molecule has 190 valence electrons. The smallest absolute Gasteiger partial charge is 0.326 e. The third-order valence-electron chi connectivity index (χ3n) is 5.26. The van der Waals surface area contributed by atoms with Crippen molar-refractivity contribution in [2.75, 3.05) is 6.61 Å². The minimum atomic E-state index is -1.52. The maximum Gasteiger partial charge on any atom is 0.326 e. The lowest BCUT2D eigenvalue weighted by Gasteiger charge is -2.24. The summed E-state index contributed by atoms with van der Waals surface area (Å²) in [6.07, 6.45) is 1.18. The number of carboxylic acids is 1. The average Bonchev–Trinajstić information content (AvgIpc) is 3.21. The second-order valence-electron chi connectivity index (χ2n) is 8.06. The summed E-state index contributed by atoms with van der Waals surface area (Å²) in [6.45, 7) is 0.596. The Balaban J connectivity index is 2.17. The molecule has 0 aliphatic rings. The van der Waals surface area contributed by atoms with Gasteiger partial charge < -0.3 is 42.6 Å². The normalized spacial score (nSPS) is 14.4. The molecule has 0 radical (unpaired) electrons. The highest BCUT2D eigenvalue weighted by molar-refractivity contribution is 5.95. The van der Waals surface area contributed by atoms with E-state index in [9.17, 15) is 34.2 Å². The standard InChI is InChI=1S/C22H30N6O7/c1-11(23)19(31)27-16(8-12-9-25-14-5-3-2-4-13(12)14)20(32)28-17(10-29)21(33)26-15(22(34)35)6-7-18(24)30/h2-5,9,11,15-17,25,29H,6-8,10,23H2,1H3,(H2,24,30)(H,26,33)(H,27,31)(H,28,32)(H,34,35). The zero-order valence-corrected chi connectivity index (χ0v) is 19.1. The molecule has 4 amide bonds. The summed E-state index contributed by atoms with van der Waals surface area (Å²) >= 11 is 0. The highest BCUT2D eigenvalue weighted by Crippen LogP contribution is 2.19. The molecule has 35 heavy (non-hydrogen) atoms. The van der Waals surface area contributed by atoms with E-state index in [0.717, 1.165) is 10.9 Å². The van der Waals surface area contributed by atoms with Gasteiger partial charge >= 0.3 is 5.97 Å². The first-order valence-electron chi connectivity index (χ1n) is 10.9. The van der Waals surface area contributed by atoms with E-state index in [0.29, 0.717) is 5.56 Å². The lowest BCUT2D eigenvalue weighted by atomic mass is 10.0. The van der Waals surface area contributed by atoms with Crippen LogP contribution >= 0.6 is 0 Å². The largest absolute Gasteiger partial charge is 0.480 e. The van der Waals surface area contributed by atoms with Gasteiger partial charge in [-0.05, 0) is 25.0 Å². The molecule has 1 aromatic carbocycles. The average molecular weight is 491 g/mol. The number of carbonyl (C=O) groups is 5. The Morgan fingerprint density at radius 1 is 0.971 bits per heavy atom. The van der Waals surface area contributed by atoms with Crippen LogP contribution in [-0.2, 0) is 30.4 Å². The van der Waals surface area contributed by atoms with E-state index in [1.54, 1.807) is 6.20 Å². The molecule has 0 saturated heterocycles. The van der Waals surface area contributed by atoms with Gasteiger partial charge in [0.1, 0.15) is 18.1 Å². The van der Waals surface area contributed by atoms with Crippen LogP contribution in [0.3, 0.4) is 0 Å². The number of benzene rings is 1. The van der Waals surface area contributed by atoms with Gasteiger partial charge in [0, 0.05) is 29.9 Å². The zero-order valence-electron chi connectivity index (χ0n) is 19.1. The molecule has 13 heteroatoms. The van der Waals surface area contributed by atoms with E-state index >= 15 is 0 Å². The molecule has 0 spiro atoms. The van der Waals surface area contributed by atoms with Gasteiger partial charge in [-0.15, -0.1) is 0 Å². The lowest BCUT2D eigenvalue weighted by molar-refractivity contribution is -0.143. The Morgan fingerprint density at radius 3 is 2.17 bits per heavy atom. The number of nitrogens with one attached hydrogen (secondary N) is 4. The monoisotopic (exact) mass is 490 g/mol. The van der Waals surface area contributed by atoms with Crippen LogP contribution in [0.4, 0.5) is 0 Å². The van der Waals surface area contributed by atoms with E-state index < -0.39 is 60.4 Å². The van der Waals surface area contributed by atoms with Crippen molar-refractivity contribution in [3.05, 3.63) is 36.0 Å². The molecule has 4 unspecified atom stereocenters. The number of rotatable bonds is 13. The van der Waals surface area contributed by atoms with Gasteiger partial charge in [-0.1, -0.05) is 18.2 Å². The number of aliphatic hydroxyl groups is 1. The Morgan fingerprint density at radius 2 is 1.57 bits per heavy atom. The van der Waals surface area contributed by atoms with Crippen molar-refractivity contribution in [2.24, 2.45) is 11.5 Å². The lowest BCUT2D eigenvalue weighted by Crippen LogP contribution is -2.58. The molecular formula is C22H30N6O7. The Labute approximate surface area is 200 Å². The fraction of sp³-hybridized carbons (Fsp3) is 0.409. The predicted octanol–water partition coefficient (Wildman–Crippen LogP) is -2.15. The van der Waals surface area contributed by atoms with Crippen molar-refractivity contribution in [1.82, 2.24) is 20.9 Å². The number of nitrogens with two attached hydrogens (primary N) is 2. The summed E-state index contributed by atoms with van der Waals surface area (Å²) in [7, 11) is 0. The Kier molecular flexibility index (Phi) is 9.73. The Bertz CT molecular complexity index is 1080. The number of aromatic nitrogens is 1. The quantitative estimate of drug-likeness (QED) is 0.154. The van der Waals surface area contributed by atoms with Crippen LogP contribution in [0.25, 0.3) is 10.9 Å². The van der Waals surface area contributed by atoms with Crippen molar-refractivity contribution in [3.8, 4) is 0 Å². The molecule has 1 aromatic heterocycles. The number of H-pyrrole nitrogens is 1. The molecule has 0 aliphatic heterocycles. The Hall–Kier alpha value is -3.97. The zero-order chi connectivity index (χ0) is 26.1. The number of primary amides is 1. The number of aliphatic hydroxyl groups excluding tert-OH is 1. The number of amides is 4. The van der Waals surface area contributed by atoms with Crippen LogP contribution in [0.15, 0.2) is 30.5 Å². The number of carbonyl (C=O) groups excluding carboxylic acids is 4. The van der Waals surface area contributed by atoms with E-state index in [2.05, 4.69) is 20.9 Å². The number of fused-ring (bicyclic) bond motifs is 1. The number of hydrogen-bond acceptors (Lipinski definition) is 7. The first kappa shape index (κ1) is 27.3. The second kappa shape index (κ2) is 12.5. The van der Waals surface area contributed by atoms with Crippen molar-refractivity contribution < 1.29 is 34.2 Å². The minimum Gasteiger partial charge on any atom is -0.480 e. The van der Waals surface area contributed by atoms with E-state index in [4.69, 9.17) is 11.5 Å². The highest BCUT2D eigenvalue weighted by Gasteiger charge is 2.30. The fourth-order valence-corrected chi connectivity index (χ4v) is 3.32. The van der Waals surface area contributed by atoms with Gasteiger partial charge in [-0.2, -0.15) is 0 Å². The van der Waals surface area contributed by atoms with Gasteiger partial charge in [0.25, 0.3) is 0 Å². The van der Waals surface area contributed by atoms with Crippen LogP contribution in [0.1, 0.15) is 25.3 Å². The molecule has 0 fully saturated rings. The number of aromatic amines is 1. The third kappa shape index (κ3) is 7.79. The van der Waals surface area contributed by atoms with Gasteiger partial charge in [0.2, 0.25) is 23.6 Å². The topological polar surface area (TPSA) is 230 Å². The molecule has 1 heterocycles. The first-order valence-corrected chi connectivity index (χ1v) is 10.9. The number of carboxylic acid groups (broad SMARTS) is 1. The van der Waals surface area contributed by atoms with Crippen LogP contribution < -0.4 is 27.4 Å². The van der Waals surface area contributed by atoms with Crippen LogP contribution in [0.2, 0.25) is 0 Å². The first-order chi connectivity index (χ1) is 16.5. The molecule has 2 aromatic rings. The molecule has 4 atom stereocenters. The molecule has 10 N–H and O–H groups in total. The number of hydrogen-bond donors (Lipinski definition) is 8. The molecular weight excluding hydrogens is 460 g/mol. The fourth-order valence-electron chi connectivity index (χ4n) is 3.32. The van der Waals surface area contributed by atoms with Crippen LogP contribution in [0.5, 0.6) is 0 Å². The van der Waals surface area contributed by atoms with Crippen molar-refractivity contribution >= 4 is 40.5 Å². The van der Waals surface area contributed by atoms with Crippen molar-refractivity contribution in [1.29, 1.82) is 0 Å². The van der Waals surface area contributed by atoms with Crippen LogP contribution in [-0.4, -0.2) is 75.6 Å². The van der Waals surface area contributed by atoms with Gasteiger partial charge in [0.05, 0.1) is 12.6 Å². The van der Waals surface area contributed by atoms with Gasteiger partial charge in [-0.25, -0.2) is 4.79 Å². The SMILES string of the molecule is CC(N)C(=O)NC(Cc1c[nH]c2ccccc12)C(=O)NC(CO)C(=O)NC(CCC(N)=O)C(=O)O. The number of para-hydroxylation sites is 1. The predicted molar refractivity (Wildman–Crippen MR) is 125 cm³/mol. The van der Waals surface area contributed by atoms with Crippen molar-refractivity contribution in [3.63, 3.8) is 0 Å². The minimum absolute atomic E-state index is 0.0461. The maximum atomic E-state index is 13.0. The van der Waals surface area contributed by atoms with Gasteiger partial charge in [0.15, 0.2) is 0 Å². The molecule has 0 aliphatic carbocycles. The molecule has 0 bridgehead atoms. The molecule has 0 saturated carbocycles. The van der Waals surface area contributed by atoms with E-state index in [1.807, 2.05) is 24.3 Å². The van der Waals surface area contributed by atoms with E-state index in [-0.39, 0.29) is 19.3 Å². The third-order valence-corrected chi connectivity index (χ3v) is 5.26. The summed E-state index contributed by atoms with van der Waals surface area (Å²) < 4.78 is 0. The van der Waals surface area contributed by atoms with Gasteiger partial charge in [-0.3, -0.25) is 19.2 Å². The molecule has 13 nitrogen and oxygen atoms in total. The maximum absolute atomic E-state index is 13.0. The summed E-state index contributed by atoms with van der Waals surface area (Å²) in [4.78, 5) is 63.2. The van der Waals surface area contributed by atoms with Crippen LogP contribution in [0, 0.1) is 0 Å². The number of aliphatic carboxylic acids is 1. The summed E-state index contributed by atoms with van der Waals surface area (Å²) in [5.41, 5.74) is 12.2. The summed E-state index contributed by atoms with van der Waals surface area (Å²) in [5, 5.41) is 26.8. The van der Waals surface area contributed by atoms with E-state index in [1.165, 1.54) is 6.92 Å². The second-order valence-corrected chi connectivity index (χ2v) is 8.06.